The van der Waals surface area contributed by atoms with E-state index in [2.05, 4.69) is 15.2 Å². The molecule has 2 aromatic heterocycles. The molecular formula is C19H12F3N3O2. The topological polar surface area (TPSA) is 65.0 Å². The molecule has 2 heterocycles. The Hall–Kier alpha value is -3.42. The van der Waals surface area contributed by atoms with Crippen molar-refractivity contribution >= 4 is 0 Å². The number of hydrogen-bond acceptors (Lipinski definition) is 5. The number of rotatable bonds is 4. The molecule has 4 aromatic rings. The highest BCUT2D eigenvalue weighted by Crippen LogP contribution is 2.31. The molecule has 0 radical (unpaired) electrons. The summed E-state index contributed by atoms with van der Waals surface area (Å²) in [4.78, 5) is 3.80. The monoisotopic (exact) mass is 371 g/mol. The molecule has 4 rings (SSSR count). The second kappa shape index (κ2) is 6.71. The Morgan fingerprint density at radius 2 is 1.63 bits per heavy atom. The van der Waals surface area contributed by atoms with Crippen LogP contribution in [0.5, 0.6) is 0 Å². The predicted octanol–water partition coefficient (Wildman–Crippen LogP) is 5.00. The molecule has 0 aliphatic rings. The lowest BCUT2D eigenvalue weighted by molar-refractivity contribution is -0.137. The first-order chi connectivity index (χ1) is 13.0. The molecule has 0 aliphatic heterocycles. The third kappa shape index (κ3) is 3.59. The van der Waals surface area contributed by atoms with Crippen LogP contribution in [0.4, 0.5) is 13.2 Å². The zero-order valence-electron chi connectivity index (χ0n) is 13.8. The van der Waals surface area contributed by atoms with Crippen molar-refractivity contribution in [2.45, 2.75) is 12.6 Å². The van der Waals surface area contributed by atoms with Gasteiger partial charge in [-0.3, -0.25) is 0 Å². The zero-order chi connectivity index (χ0) is 18.9. The smallest absolute Gasteiger partial charge is 0.416 e. The Labute approximate surface area is 151 Å². The maximum Gasteiger partial charge on any atom is 0.416 e. The van der Waals surface area contributed by atoms with E-state index in [9.17, 15) is 13.2 Å². The molecule has 2 aromatic carbocycles. The summed E-state index contributed by atoms with van der Waals surface area (Å²) in [5.41, 5.74) is 1.62. The van der Waals surface area contributed by atoms with E-state index in [1.165, 1.54) is 24.7 Å². The molecule has 0 unspecified atom stereocenters. The summed E-state index contributed by atoms with van der Waals surface area (Å²) >= 11 is 0. The number of hydrogen-bond donors (Lipinski definition) is 0. The molecule has 27 heavy (non-hydrogen) atoms. The second-order valence-corrected chi connectivity index (χ2v) is 5.81. The van der Waals surface area contributed by atoms with Gasteiger partial charge in [0, 0.05) is 5.56 Å². The maximum absolute atomic E-state index is 12.7. The van der Waals surface area contributed by atoms with E-state index in [4.69, 9.17) is 8.83 Å². The largest absolute Gasteiger partial charge is 0.438 e. The van der Waals surface area contributed by atoms with Crippen LogP contribution in [0.2, 0.25) is 0 Å². The van der Waals surface area contributed by atoms with Gasteiger partial charge in [-0.1, -0.05) is 30.3 Å². The number of halogens is 3. The van der Waals surface area contributed by atoms with Crippen molar-refractivity contribution in [3.05, 3.63) is 77.8 Å². The molecule has 0 atom stereocenters. The van der Waals surface area contributed by atoms with Gasteiger partial charge in [0.2, 0.25) is 11.7 Å². The van der Waals surface area contributed by atoms with Crippen molar-refractivity contribution in [2.75, 3.05) is 0 Å². The first-order valence-electron chi connectivity index (χ1n) is 7.97. The summed E-state index contributed by atoms with van der Waals surface area (Å²) in [5.74, 6) is 0.852. The van der Waals surface area contributed by atoms with Crippen molar-refractivity contribution in [3.63, 3.8) is 0 Å². The summed E-state index contributed by atoms with van der Waals surface area (Å²) in [6.07, 6.45) is -1.20. The summed E-state index contributed by atoms with van der Waals surface area (Å²) in [7, 11) is 0. The van der Waals surface area contributed by atoms with Crippen LogP contribution in [0.15, 0.2) is 70.0 Å². The highest BCUT2D eigenvalue weighted by atomic mass is 19.4. The Morgan fingerprint density at radius 1 is 0.889 bits per heavy atom. The van der Waals surface area contributed by atoms with Crippen molar-refractivity contribution < 1.29 is 22.0 Å². The highest BCUT2D eigenvalue weighted by Gasteiger charge is 2.29. The van der Waals surface area contributed by atoms with Gasteiger partial charge in [0.15, 0.2) is 6.39 Å². The van der Waals surface area contributed by atoms with E-state index in [0.717, 1.165) is 23.3 Å². The Balaban J connectivity index is 1.62. The summed E-state index contributed by atoms with van der Waals surface area (Å²) in [6.45, 7) is 0. The van der Waals surface area contributed by atoms with Crippen LogP contribution < -0.4 is 0 Å². The van der Waals surface area contributed by atoms with Gasteiger partial charge in [-0.05, 0) is 35.7 Å². The number of nitrogens with zero attached hydrogens (tertiary/aromatic N) is 3. The van der Waals surface area contributed by atoms with Crippen LogP contribution >= 0.6 is 0 Å². The lowest BCUT2D eigenvalue weighted by Crippen LogP contribution is -2.04. The van der Waals surface area contributed by atoms with Gasteiger partial charge in [0.05, 0.1) is 11.8 Å². The Bertz CT molecular complexity index is 1040. The molecule has 0 fully saturated rings. The van der Waals surface area contributed by atoms with Gasteiger partial charge >= 0.3 is 6.18 Å². The van der Waals surface area contributed by atoms with Crippen LogP contribution in [0.3, 0.4) is 0 Å². The third-order valence-corrected chi connectivity index (χ3v) is 3.99. The van der Waals surface area contributed by atoms with Crippen LogP contribution in [0.25, 0.3) is 23.1 Å². The van der Waals surface area contributed by atoms with Gasteiger partial charge in [-0.15, -0.1) is 10.2 Å². The first-order valence-corrected chi connectivity index (χ1v) is 7.97. The van der Waals surface area contributed by atoms with E-state index in [1.807, 2.05) is 24.3 Å². The molecule has 0 amide bonds. The van der Waals surface area contributed by atoms with Gasteiger partial charge in [0.1, 0.15) is 0 Å². The van der Waals surface area contributed by atoms with Gasteiger partial charge in [0.25, 0.3) is 5.89 Å². The van der Waals surface area contributed by atoms with Gasteiger partial charge in [-0.2, -0.15) is 13.2 Å². The SMILES string of the molecule is FC(F)(F)c1ccc(Cc2ccccc2-c2nnc(-c3cnco3)o2)cc1. The summed E-state index contributed by atoms with van der Waals surface area (Å²) in [6, 6.07) is 12.4. The molecule has 0 bridgehead atoms. The minimum absolute atomic E-state index is 0.201. The molecule has 0 saturated heterocycles. The fraction of sp³-hybridized carbons (Fsp3) is 0.105. The lowest BCUT2D eigenvalue weighted by Gasteiger charge is -2.09. The van der Waals surface area contributed by atoms with E-state index < -0.39 is 11.7 Å². The van der Waals surface area contributed by atoms with Crippen molar-refractivity contribution in [1.29, 1.82) is 0 Å². The lowest BCUT2D eigenvalue weighted by atomic mass is 9.99. The Morgan fingerprint density at radius 3 is 2.33 bits per heavy atom. The molecular weight excluding hydrogens is 359 g/mol. The molecule has 8 heteroatoms. The highest BCUT2D eigenvalue weighted by molar-refractivity contribution is 5.60. The number of aromatic nitrogens is 3. The molecule has 5 nitrogen and oxygen atoms in total. The quantitative estimate of drug-likeness (QED) is 0.505. The van der Waals surface area contributed by atoms with E-state index >= 15 is 0 Å². The molecule has 136 valence electrons. The van der Waals surface area contributed by atoms with Crippen LogP contribution in [-0.2, 0) is 12.6 Å². The van der Waals surface area contributed by atoms with Crippen molar-refractivity contribution in [2.24, 2.45) is 0 Å². The minimum Gasteiger partial charge on any atom is -0.438 e. The fourth-order valence-corrected chi connectivity index (χ4v) is 2.67. The van der Waals surface area contributed by atoms with Crippen LogP contribution in [0, 0.1) is 0 Å². The molecule has 0 aliphatic carbocycles. The van der Waals surface area contributed by atoms with E-state index in [1.54, 1.807) is 0 Å². The van der Waals surface area contributed by atoms with Gasteiger partial charge < -0.3 is 8.83 Å². The fourth-order valence-electron chi connectivity index (χ4n) is 2.67. The Kier molecular flexibility index (Phi) is 4.23. The average Bonchev–Trinajstić information content (AvgIpc) is 3.34. The predicted molar refractivity (Wildman–Crippen MR) is 89.5 cm³/mol. The normalized spacial score (nSPS) is 11.7. The number of benzene rings is 2. The zero-order valence-corrected chi connectivity index (χ0v) is 13.8. The number of oxazole rings is 1. The molecule has 0 saturated carbocycles. The molecule has 0 spiro atoms. The summed E-state index contributed by atoms with van der Waals surface area (Å²) < 4.78 is 48.9. The van der Waals surface area contributed by atoms with Gasteiger partial charge in [-0.25, -0.2) is 4.98 Å². The average molecular weight is 371 g/mol. The molecule has 0 N–H and O–H groups in total. The van der Waals surface area contributed by atoms with Crippen molar-refractivity contribution in [1.82, 2.24) is 15.2 Å². The van der Waals surface area contributed by atoms with E-state index in [0.29, 0.717) is 23.6 Å². The standard InChI is InChI=1S/C19H12F3N3O2/c20-19(21,22)14-7-5-12(6-8-14)9-13-3-1-2-4-15(13)17-24-25-18(27-17)16-10-23-11-26-16/h1-8,10-11H,9H2. The third-order valence-electron chi connectivity index (χ3n) is 3.99. The minimum atomic E-state index is -4.35. The summed E-state index contributed by atoms with van der Waals surface area (Å²) in [5, 5.41) is 7.98. The van der Waals surface area contributed by atoms with Crippen molar-refractivity contribution in [3.8, 4) is 23.1 Å². The van der Waals surface area contributed by atoms with E-state index in [-0.39, 0.29) is 5.89 Å². The number of alkyl halides is 3. The maximum atomic E-state index is 12.7. The van der Waals surface area contributed by atoms with Crippen LogP contribution in [-0.4, -0.2) is 15.2 Å². The first kappa shape index (κ1) is 17.0. The second-order valence-electron chi connectivity index (χ2n) is 5.81. The van der Waals surface area contributed by atoms with Crippen LogP contribution in [0.1, 0.15) is 16.7 Å².